The molecule has 0 amide bonds. The van der Waals surface area contributed by atoms with Gasteiger partial charge >= 0.3 is 0 Å². The largest absolute Gasteiger partial charge is 0.374 e. The van der Waals surface area contributed by atoms with Crippen LogP contribution < -0.4 is 0 Å². The highest BCUT2D eigenvalue weighted by Crippen LogP contribution is 2.60. The summed E-state index contributed by atoms with van der Waals surface area (Å²) in [5.74, 6) is 1.31. The Hall–Kier alpha value is 1.68. The molecule has 0 aromatic carbocycles. The van der Waals surface area contributed by atoms with Crippen LogP contribution in [0.4, 0.5) is 0 Å². The first-order chi connectivity index (χ1) is 28.7. The third-order valence-electron chi connectivity index (χ3n) is 14.1. The Balaban J connectivity index is 1.15. The Morgan fingerprint density at radius 2 is 1.50 bits per heavy atom. The molecule has 18 heteroatoms. The number of Topliss-reactive ketones (excluding diaryl/α,β-unsaturated/α-hetero) is 1. The van der Waals surface area contributed by atoms with Gasteiger partial charge in [0.2, 0.25) is 0 Å². The van der Waals surface area contributed by atoms with Crippen LogP contribution in [0.1, 0.15) is 97.8 Å². The first-order valence-corrected chi connectivity index (χ1v) is 34.1. The van der Waals surface area contributed by atoms with Gasteiger partial charge in [-0.1, -0.05) is 75.7 Å². The zero-order valence-electron chi connectivity index (χ0n) is 35.5. The molecule has 0 aliphatic carbocycles. The molecule has 24 atom stereocenters. The molecule has 6 saturated heterocycles. The Morgan fingerprint density at radius 1 is 0.783 bits per heavy atom. The Kier molecular flexibility index (Phi) is 18.7. The van der Waals surface area contributed by atoms with Crippen molar-refractivity contribution in [2.45, 2.75) is 183 Å². The predicted octanol–water partition coefficient (Wildman–Crippen LogP) is 9.81. The van der Waals surface area contributed by atoms with E-state index in [1.54, 1.807) is 6.08 Å². The smallest absolute Gasteiger partial charge is 0.158 e. The molecule has 9 unspecified atom stereocenters. The Bertz CT molecular complexity index is 1560. The van der Waals surface area contributed by atoms with Crippen molar-refractivity contribution < 1.29 is 47.1 Å². The van der Waals surface area contributed by atoms with Crippen molar-refractivity contribution in [2.75, 3.05) is 6.16 Å². The van der Waals surface area contributed by atoms with Crippen molar-refractivity contribution in [3.8, 4) is 0 Å². The van der Waals surface area contributed by atoms with Gasteiger partial charge in [-0.2, -0.15) is 0 Å². The molecule has 6 fully saturated rings. The molecule has 0 aromatic rings. The minimum atomic E-state index is -0.962. The summed E-state index contributed by atoms with van der Waals surface area (Å²) in [4.78, 5) is 27.9. The van der Waals surface area contributed by atoms with E-state index in [0.29, 0.717) is 43.9 Å². The van der Waals surface area contributed by atoms with Crippen molar-refractivity contribution in [1.82, 2.24) is 0 Å². The molecule has 10 nitrogen and oxygen atoms in total. The molecule has 0 N–H and O–H groups in total. The zero-order valence-corrected chi connectivity index (χ0v) is 44.1. The van der Waals surface area contributed by atoms with E-state index in [1.165, 1.54) is 12.6 Å². The Morgan fingerprint density at radius 3 is 2.25 bits per heavy atom. The lowest BCUT2D eigenvalue weighted by Crippen LogP contribution is -2.61. The first kappa shape index (κ1) is 49.6. The lowest BCUT2D eigenvalue weighted by atomic mass is 9.78. The van der Waals surface area contributed by atoms with E-state index >= 15 is 0 Å². The monoisotopic (exact) mass is 982 g/mol. The fraction of sp³-hybridized carbons (Fsp3) is 0.810. The topological polar surface area (TPSA) is 108 Å². The molecule has 7 aliphatic heterocycles. The third kappa shape index (κ3) is 12.4. The number of hydrogen-bond donors (Lipinski definition) is 0. The number of fused-ring (bicyclic) bond motifs is 7. The maximum absolute atomic E-state index is 14.3. The Labute approximate surface area is 374 Å². The van der Waals surface area contributed by atoms with Gasteiger partial charge in [-0.3, -0.25) is 9.59 Å². The average molecular weight is 983 g/mol. The predicted molar refractivity (Wildman–Crippen MR) is 261 cm³/mol. The van der Waals surface area contributed by atoms with E-state index in [-0.39, 0.29) is 78.7 Å². The average Bonchev–Trinajstić information content (AvgIpc) is 3.81. The van der Waals surface area contributed by atoms with Crippen LogP contribution in [0.5, 0.6) is 0 Å². The molecule has 8 bridgehead atoms. The van der Waals surface area contributed by atoms with Crippen LogP contribution in [0.2, 0.25) is 0 Å². The van der Waals surface area contributed by atoms with Gasteiger partial charge in [-0.25, -0.2) is 0 Å². The van der Waals surface area contributed by atoms with E-state index in [9.17, 15) is 9.59 Å². The van der Waals surface area contributed by atoms with Crippen molar-refractivity contribution in [3.63, 3.8) is 0 Å². The maximum atomic E-state index is 14.3. The van der Waals surface area contributed by atoms with Crippen LogP contribution in [0.25, 0.3) is 0 Å². The van der Waals surface area contributed by atoms with E-state index in [4.69, 9.17) is 37.5 Å². The molecule has 0 spiro atoms. The fourth-order valence-corrected chi connectivity index (χ4v) is 14.8. The van der Waals surface area contributed by atoms with Crippen LogP contribution in [0.15, 0.2) is 36.5 Å². The summed E-state index contributed by atoms with van der Waals surface area (Å²) >= 11 is 0. The molecule has 0 radical (unpaired) electrons. The number of carbonyl (C=O) groups is 2. The van der Waals surface area contributed by atoms with Gasteiger partial charge in [0.1, 0.15) is 36.3 Å². The van der Waals surface area contributed by atoms with Crippen LogP contribution >= 0.6 is 68.0 Å². The van der Waals surface area contributed by atoms with Crippen LogP contribution in [0.3, 0.4) is 0 Å². The van der Waals surface area contributed by atoms with Gasteiger partial charge in [-0.05, 0) is 92.0 Å². The SMILES string of the molecule is C=C1C[C@@H]2/C=C/C(=O)C[C@H]3O[C@H]4[C@@H](OP(P)P)[C@H]5O[C@H](CC[C@@H]5O[C@H]4[C@H]3OP(P)P)CC(=O)CC3[C@H](CC4O[C@@H](CCC1O2)C[C@@H](C)C4=C)O[C@H](C[C@H](C)CCPP)[C@@H]3C. The zero-order chi connectivity index (χ0) is 42.8. The van der Waals surface area contributed by atoms with Gasteiger partial charge in [-0.15, -0.1) is 17.2 Å². The maximum Gasteiger partial charge on any atom is 0.158 e. The molecule has 7 aliphatic rings. The normalized spacial score (nSPS) is 44.2. The minimum absolute atomic E-state index is 0.0583. The number of rotatable bonds is 9. The molecule has 0 aromatic heterocycles. The summed E-state index contributed by atoms with van der Waals surface area (Å²) in [5.41, 5.74) is 2.17. The fourth-order valence-electron chi connectivity index (χ4n) is 10.9. The van der Waals surface area contributed by atoms with Crippen molar-refractivity contribution in [2.24, 2.45) is 23.7 Å². The molecule has 0 saturated carbocycles. The third-order valence-corrected chi connectivity index (χ3v) is 18.0. The van der Waals surface area contributed by atoms with E-state index in [2.05, 4.69) is 78.6 Å². The number of hydrogen-bond acceptors (Lipinski definition) is 10. The van der Waals surface area contributed by atoms with Crippen LogP contribution in [-0.4, -0.2) is 103 Å². The summed E-state index contributed by atoms with van der Waals surface area (Å²) in [6, 6.07) is 0. The van der Waals surface area contributed by atoms with Gasteiger partial charge in [0.15, 0.2) is 5.78 Å². The van der Waals surface area contributed by atoms with Gasteiger partial charge in [0, 0.05) is 32.1 Å². The van der Waals surface area contributed by atoms with Crippen LogP contribution in [0, 0.1) is 23.7 Å². The van der Waals surface area contributed by atoms with Gasteiger partial charge in [0.25, 0.3) is 0 Å². The quantitative estimate of drug-likeness (QED) is 0.164. The molecular weight excluding hydrogens is 912 g/mol. The van der Waals surface area contributed by atoms with Gasteiger partial charge in [0.05, 0.1) is 70.0 Å². The lowest BCUT2D eigenvalue weighted by molar-refractivity contribution is -0.251. The molecule has 7 heterocycles. The van der Waals surface area contributed by atoms with Crippen LogP contribution in [-0.2, 0) is 47.1 Å². The van der Waals surface area contributed by atoms with Gasteiger partial charge < -0.3 is 37.5 Å². The molecule has 7 rings (SSSR count). The second-order valence-electron chi connectivity index (χ2n) is 18.5. The first-order valence-electron chi connectivity index (χ1n) is 22.0. The number of ketones is 2. The summed E-state index contributed by atoms with van der Waals surface area (Å²) in [6.45, 7) is 15.8. The summed E-state index contributed by atoms with van der Waals surface area (Å²) in [6.07, 6.45) is 9.39. The van der Waals surface area contributed by atoms with E-state index in [0.717, 1.165) is 51.5 Å². The highest BCUT2D eigenvalue weighted by atomic mass is 32.4. The number of allylic oxidation sites excluding steroid dienone is 1. The van der Waals surface area contributed by atoms with E-state index < -0.39 is 51.7 Å². The summed E-state index contributed by atoms with van der Waals surface area (Å²) < 4.78 is 54.0. The minimum Gasteiger partial charge on any atom is -0.374 e. The molecule has 338 valence electrons. The second-order valence-corrected chi connectivity index (χ2v) is 32.2. The summed E-state index contributed by atoms with van der Waals surface area (Å²) in [7, 11) is 12.8. The lowest BCUT2D eigenvalue weighted by Gasteiger charge is -2.48. The highest BCUT2D eigenvalue weighted by molar-refractivity contribution is 8.41. The highest BCUT2D eigenvalue weighted by Gasteiger charge is 2.59. The van der Waals surface area contributed by atoms with Crippen molar-refractivity contribution >= 4 is 79.5 Å². The number of carbonyl (C=O) groups excluding carboxylic acids is 2. The molecule has 60 heavy (non-hydrogen) atoms. The van der Waals surface area contributed by atoms with E-state index in [1.807, 2.05) is 6.08 Å². The number of ether oxygens (including phenoxy) is 6. The second kappa shape index (κ2) is 22.7. The standard InChI is InChI=1S/C42H70O10P8/c1-21(12-13-58-53)14-34-25(5)31-18-27(44)17-30-9-11-33-38(47-30)42(52-60(56)57)41-40(49-33)39(51-59(54)55)37(50-41)19-26(43)6-7-28-16-23(3)32(45-28)10-8-29-15-22(2)24(4)35(46-29)20-36(31)48-34/h6-7,21-22,25,28-42,58H,3-4,8-20,53-57H2,1-2,5H3/b7-6+/t21-,22-,25-,28+,29+,30-,31?,32?,33+,34-,35?,36+,37-,38+,39+,40+,41-,42+/m1/s1. The summed E-state index contributed by atoms with van der Waals surface area (Å²) in [5, 5.41) is 0. The van der Waals surface area contributed by atoms with Crippen molar-refractivity contribution in [1.29, 1.82) is 0 Å². The van der Waals surface area contributed by atoms with Crippen molar-refractivity contribution in [3.05, 3.63) is 36.5 Å². The molecular formula is C42H70O10P8.